The quantitative estimate of drug-likeness (QED) is 0.898. The Bertz CT molecular complexity index is 611. The number of aliphatic carboxylic acids is 1. The Morgan fingerprint density at radius 1 is 1.44 bits per heavy atom. The third-order valence-corrected chi connectivity index (χ3v) is 3.71. The molecule has 0 amide bonds. The first-order chi connectivity index (χ1) is 8.62. The lowest BCUT2D eigenvalue weighted by molar-refractivity contribution is -0.145. The van der Waals surface area contributed by atoms with Crippen LogP contribution in [0.4, 0.5) is 0 Å². The third-order valence-electron chi connectivity index (χ3n) is 3.71. The van der Waals surface area contributed by atoms with Crippen LogP contribution in [-0.4, -0.2) is 28.9 Å². The van der Waals surface area contributed by atoms with Crippen molar-refractivity contribution < 1.29 is 14.6 Å². The van der Waals surface area contributed by atoms with Crippen LogP contribution in [0.1, 0.15) is 12.0 Å². The molecule has 0 spiro atoms. The monoisotopic (exact) mass is 245 g/mol. The number of rotatable bonds is 3. The lowest BCUT2D eigenvalue weighted by Gasteiger charge is -2.40. The molecule has 1 saturated heterocycles. The van der Waals surface area contributed by atoms with Crippen molar-refractivity contribution in [2.24, 2.45) is 7.05 Å². The van der Waals surface area contributed by atoms with Gasteiger partial charge in [0.15, 0.2) is 0 Å². The SMILES string of the molecule is Cn1cc(C2(CC(=O)O)COC2)c2ccccc21. The number of hydrogen-bond acceptors (Lipinski definition) is 2. The number of para-hydroxylation sites is 1. The van der Waals surface area contributed by atoms with Crippen LogP contribution in [0.2, 0.25) is 0 Å². The van der Waals surface area contributed by atoms with Crippen molar-refractivity contribution in [1.82, 2.24) is 4.57 Å². The van der Waals surface area contributed by atoms with Crippen molar-refractivity contribution in [1.29, 1.82) is 0 Å². The maximum atomic E-state index is 11.1. The standard InChI is InChI=1S/C14H15NO3/c1-15-7-11(10-4-2-3-5-12(10)15)14(6-13(16)17)8-18-9-14/h2-5,7H,6,8-9H2,1H3,(H,16,17). The molecule has 4 heteroatoms. The van der Waals surface area contributed by atoms with Crippen LogP contribution >= 0.6 is 0 Å². The summed E-state index contributed by atoms with van der Waals surface area (Å²) >= 11 is 0. The van der Waals surface area contributed by atoms with Crippen molar-refractivity contribution >= 4 is 16.9 Å². The number of carboxylic acid groups (broad SMARTS) is 1. The van der Waals surface area contributed by atoms with Crippen molar-refractivity contribution in [3.05, 3.63) is 36.0 Å². The first-order valence-electron chi connectivity index (χ1n) is 5.96. The van der Waals surface area contributed by atoms with E-state index in [1.807, 2.05) is 42.1 Å². The summed E-state index contributed by atoms with van der Waals surface area (Å²) in [6.07, 6.45) is 2.16. The van der Waals surface area contributed by atoms with Gasteiger partial charge in [-0.05, 0) is 11.6 Å². The molecule has 2 aromatic rings. The zero-order valence-electron chi connectivity index (χ0n) is 10.2. The molecule has 18 heavy (non-hydrogen) atoms. The lowest BCUT2D eigenvalue weighted by atomic mass is 9.76. The highest BCUT2D eigenvalue weighted by Crippen LogP contribution is 2.40. The molecule has 1 aliphatic heterocycles. The van der Waals surface area contributed by atoms with E-state index < -0.39 is 5.97 Å². The molecule has 2 heterocycles. The summed E-state index contributed by atoms with van der Waals surface area (Å²) in [5.41, 5.74) is 1.87. The van der Waals surface area contributed by atoms with Crippen molar-refractivity contribution in [3.63, 3.8) is 0 Å². The number of hydrogen-bond donors (Lipinski definition) is 1. The van der Waals surface area contributed by atoms with Crippen LogP contribution in [0.15, 0.2) is 30.5 Å². The average molecular weight is 245 g/mol. The van der Waals surface area contributed by atoms with E-state index in [1.165, 1.54) is 0 Å². The zero-order valence-corrected chi connectivity index (χ0v) is 10.2. The van der Waals surface area contributed by atoms with Gasteiger partial charge in [-0.3, -0.25) is 4.79 Å². The van der Waals surface area contributed by atoms with Crippen molar-refractivity contribution in [2.45, 2.75) is 11.8 Å². The molecule has 0 radical (unpaired) electrons. The van der Waals surface area contributed by atoms with Gasteiger partial charge >= 0.3 is 5.97 Å². The van der Waals surface area contributed by atoms with Gasteiger partial charge in [-0.25, -0.2) is 0 Å². The van der Waals surface area contributed by atoms with Crippen LogP contribution in [0, 0.1) is 0 Å². The predicted molar refractivity (Wildman–Crippen MR) is 67.7 cm³/mol. The topological polar surface area (TPSA) is 51.5 Å². The molecular formula is C14H15NO3. The zero-order chi connectivity index (χ0) is 12.8. The van der Waals surface area contributed by atoms with Crippen LogP contribution < -0.4 is 0 Å². The molecule has 0 atom stereocenters. The molecule has 0 saturated carbocycles. The Labute approximate surface area is 105 Å². The summed E-state index contributed by atoms with van der Waals surface area (Å²) in [4.78, 5) is 11.1. The number of nitrogens with zero attached hydrogens (tertiary/aromatic N) is 1. The molecule has 0 aliphatic carbocycles. The summed E-state index contributed by atoms with van der Waals surface area (Å²) in [7, 11) is 1.99. The molecule has 0 bridgehead atoms. The minimum atomic E-state index is -0.772. The minimum absolute atomic E-state index is 0.126. The lowest BCUT2D eigenvalue weighted by Crippen LogP contribution is -2.48. The normalized spacial score (nSPS) is 17.6. The first kappa shape index (κ1) is 11.3. The van der Waals surface area contributed by atoms with E-state index in [1.54, 1.807) is 0 Å². The van der Waals surface area contributed by atoms with E-state index in [0.717, 1.165) is 16.5 Å². The smallest absolute Gasteiger partial charge is 0.304 e. The number of ether oxygens (including phenoxy) is 1. The average Bonchev–Trinajstić information content (AvgIpc) is 2.62. The van der Waals surface area contributed by atoms with E-state index in [9.17, 15) is 4.79 Å². The highest BCUT2D eigenvalue weighted by atomic mass is 16.5. The van der Waals surface area contributed by atoms with Gasteiger partial charge < -0.3 is 14.4 Å². The van der Waals surface area contributed by atoms with Gasteiger partial charge in [-0.15, -0.1) is 0 Å². The second-order valence-corrected chi connectivity index (χ2v) is 5.01. The molecular weight excluding hydrogens is 230 g/mol. The van der Waals surface area contributed by atoms with Crippen LogP contribution in [-0.2, 0) is 22.0 Å². The van der Waals surface area contributed by atoms with Crippen molar-refractivity contribution in [3.8, 4) is 0 Å². The minimum Gasteiger partial charge on any atom is -0.481 e. The highest BCUT2D eigenvalue weighted by molar-refractivity contribution is 5.86. The molecule has 1 fully saturated rings. The fourth-order valence-corrected chi connectivity index (χ4v) is 2.76. The van der Waals surface area contributed by atoms with Gasteiger partial charge in [0, 0.05) is 24.1 Å². The number of carbonyl (C=O) groups is 1. The largest absolute Gasteiger partial charge is 0.481 e. The molecule has 4 nitrogen and oxygen atoms in total. The fourth-order valence-electron chi connectivity index (χ4n) is 2.76. The second kappa shape index (κ2) is 3.85. The van der Waals surface area contributed by atoms with E-state index >= 15 is 0 Å². The Morgan fingerprint density at radius 3 is 2.78 bits per heavy atom. The Morgan fingerprint density at radius 2 is 2.17 bits per heavy atom. The molecule has 1 aromatic carbocycles. The number of benzene rings is 1. The van der Waals surface area contributed by atoms with Gasteiger partial charge in [-0.1, -0.05) is 18.2 Å². The molecule has 1 N–H and O–H groups in total. The summed E-state index contributed by atoms with van der Waals surface area (Å²) in [6, 6.07) is 8.08. The van der Waals surface area contributed by atoms with Gasteiger partial charge in [-0.2, -0.15) is 0 Å². The Kier molecular flexibility index (Phi) is 2.41. The summed E-state index contributed by atoms with van der Waals surface area (Å²) in [6.45, 7) is 0.987. The van der Waals surface area contributed by atoms with E-state index in [4.69, 9.17) is 9.84 Å². The third kappa shape index (κ3) is 1.53. The van der Waals surface area contributed by atoms with E-state index in [-0.39, 0.29) is 11.8 Å². The van der Waals surface area contributed by atoms with Gasteiger partial charge in [0.25, 0.3) is 0 Å². The number of aryl methyl sites for hydroxylation is 1. The summed E-state index contributed by atoms with van der Waals surface area (Å²) in [5, 5.41) is 10.2. The molecule has 3 rings (SSSR count). The molecule has 94 valence electrons. The molecule has 0 unspecified atom stereocenters. The number of fused-ring (bicyclic) bond motifs is 1. The first-order valence-corrected chi connectivity index (χ1v) is 5.96. The van der Waals surface area contributed by atoms with E-state index in [0.29, 0.717) is 13.2 Å². The highest BCUT2D eigenvalue weighted by Gasteiger charge is 2.44. The van der Waals surface area contributed by atoms with Crippen LogP contribution in [0.25, 0.3) is 10.9 Å². The second-order valence-electron chi connectivity index (χ2n) is 5.01. The van der Waals surface area contributed by atoms with Crippen molar-refractivity contribution in [2.75, 3.05) is 13.2 Å². The molecule has 1 aromatic heterocycles. The number of carboxylic acids is 1. The predicted octanol–water partition coefficient (Wildman–Crippen LogP) is 1.92. The fraction of sp³-hybridized carbons (Fsp3) is 0.357. The van der Waals surface area contributed by atoms with Crippen LogP contribution in [0.5, 0.6) is 0 Å². The molecule has 1 aliphatic rings. The Hall–Kier alpha value is -1.81. The van der Waals surface area contributed by atoms with E-state index in [2.05, 4.69) is 0 Å². The van der Waals surface area contributed by atoms with Gasteiger partial charge in [0.1, 0.15) is 0 Å². The van der Waals surface area contributed by atoms with Gasteiger partial charge in [0.05, 0.1) is 25.0 Å². The maximum Gasteiger partial charge on any atom is 0.304 e. The maximum absolute atomic E-state index is 11.1. The number of aromatic nitrogens is 1. The Balaban J connectivity index is 2.16. The summed E-state index contributed by atoms with van der Waals surface area (Å²) in [5.74, 6) is -0.772. The van der Waals surface area contributed by atoms with Crippen LogP contribution in [0.3, 0.4) is 0 Å². The van der Waals surface area contributed by atoms with Gasteiger partial charge in [0.2, 0.25) is 0 Å². The summed E-state index contributed by atoms with van der Waals surface area (Å²) < 4.78 is 7.33.